The van der Waals surface area contributed by atoms with Crippen LogP contribution in [-0.2, 0) is 9.53 Å². The zero-order valence-electron chi connectivity index (χ0n) is 13.4. The Morgan fingerprint density at radius 2 is 2.10 bits per heavy atom. The monoisotopic (exact) mass is 279 g/mol. The summed E-state index contributed by atoms with van der Waals surface area (Å²) in [6, 6.07) is 0.337. The third-order valence-corrected chi connectivity index (χ3v) is 6.65. The Balaban J connectivity index is 1.93. The molecule has 1 amide bonds. The highest BCUT2D eigenvalue weighted by Crippen LogP contribution is 2.68. The fourth-order valence-corrected chi connectivity index (χ4v) is 5.58. The maximum Gasteiger partial charge on any atom is 0.219 e. The summed E-state index contributed by atoms with van der Waals surface area (Å²) in [5, 5.41) is 3.39. The highest BCUT2D eigenvalue weighted by Gasteiger charge is 2.68. The maximum atomic E-state index is 12.0. The fourth-order valence-electron chi connectivity index (χ4n) is 5.58. The Morgan fingerprint density at radius 3 is 2.75 bits per heavy atom. The summed E-state index contributed by atoms with van der Waals surface area (Å²) in [4.78, 5) is 12.0. The van der Waals surface area contributed by atoms with E-state index in [2.05, 4.69) is 26.1 Å². The molecule has 3 fully saturated rings. The van der Waals surface area contributed by atoms with Crippen molar-refractivity contribution in [2.45, 2.75) is 71.9 Å². The molecule has 20 heavy (non-hydrogen) atoms. The minimum atomic E-state index is 0.211. The SMILES string of the molecule is CCC(=O)N[C@@H]1C(C)(C)[C@@H]2C[C@@H]3[C@@H](CC)OCCC31C2. The van der Waals surface area contributed by atoms with Crippen LogP contribution in [0.1, 0.15) is 59.8 Å². The Bertz CT molecular complexity index is 406. The molecule has 1 N–H and O–H groups in total. The maximum absolute atomic E-state index is 12.0. The molecule has 0 radical (unpaired) electrons. The summed E-state index contributed by atoms with van der Waals surface area (Å²) in [6.07, 6.45) is 5.82. The van der Waals surface area contributed by atoms with Gasteiger partial charge in [-0.25, -0.2) is 0 Å². The first-order valence-corrected chi connectivity index (χ1v) is 8.36. The number of hydrogen-bond donors (Lipinski definition) is 1. The van der Waals surface area contributed by atoms with Gasteiger partial charge >= 0.3 is 0 Å². The van der Waals surface area contributed by atoms with Crippen molar-refractivity contribution in [3.63, 3.8) is 0 Å². The van der Waals surface area contributed by atoms with Crippen LogP contribution in [-0.4, -0.2) is 24.7 Å². The van der Waals surface area contributed by atoms with Gasteiger partial charge < -0.3 is 10.1 Å². The molecule has 1 unspecified atom stereocenters. The lowest BCUT2D eigenvalue weighted by molar-refractivity contribution is -0.136. The fraction of sp³-hybridized carbons (Fsp3) is 0.941. The number of ether oxygens (including phenoxy) is 1. The first-order chi connectivity index (χ1) is 9.45. The molecule has 2 saturated carbocycles. The zero-order valence-corrected chi connectivity index (χ0v) is 13.4. The summed E-state index contributed by atoms with van der Waals surface area (Å²) in [7, 11) is 0. The normalized spacial score (nSPS) is 45.2. The molecule has 3 rings (SSSR count). The van der Waals surface area contributed by atoms with Gasteiger partial charge in [0.2, 0.25) is 5.91 Å². The van der Waals surface area contributed by atoms with Gasteiger partial charge in [0.1, 0.15) is 0 Å². The summed E-state index contributed by atoms with van der Waals surface area (Å²) < 4.78 is 6.02. The van der Waals surface area contributed by atoms with Crippen LogP contribution in [0.15, 0.2) is 0 Å². The van der Waals surface area contributed by atoms with Gasteiger partial charge in [-0.2, -0.15) is 0 Å². The van der Waals surface area contributed by atoms with Gasteiger partial charge in [0.15, 0.2) is 0 Å². The van der Waals surface area contributed by atoms with Gasteiger partial charge in [-0.05, 0) is 48.3 Å². The van der Waals surface area contributed by atoms with Gasteiger partial charge in [-0.3, -0.25) is 4.79 Å². The number of amides is 1. The van der Waals surface area contributed by atoms with E-state index in [1.54, 1.807) is 0 Å². The average Bonchev–Trinajstić information content (AvgIpc) is 2.91. The number of hydrogen-bond acceptors (Lipinski definition) is 2. The van der Waals surface area contributed by atoms with Crippen LogP contribution in [0, 0.1) is 22.7 Å². The number of rotatable bonds is 3. The molecule has 5 atom stereocenters. The summed E-state index contributed by atoms with van der Waals surface area (Å²) in [5.74, 6) is 1.61. The largest absolute Gasteiger partial charge is 0.378 e. The quantitative estimate of drug-likeness (QED) is 0.862. The smallest absolute Gasteiger partial charge is 0.219 e. The lowest BCUT2D eigenvalue weighted by Gasteiger charge is -2.53. The van der Waals surface area contributed by atoms with E-state index >= 15 is 0 Å². The molecule has 0 aromatic carbocycles. The van der Waals surface area contributed by atoms with Gasteiger partial charge in [0.25, 0.3) is 0 Å². The Labute approximate surface area is 122 Å². The lowest BCUT2D eigenvalue weighted by Crippen LogP contribution is -2.60. The van der Waals surface area contributed by atoms with Crippen LogP contribution < -0.4 is 5.32 Å². The Morgan fingerprint density at radius 1 is 1.35 bits per heavy atom. The van der Waals surface area contributed by atoms with E-state index in [-0.39, 0.29) is 11.3 Å². The third-order valence-electron chi connectivity index (χ3n) is 6.65. The molecule has 2 bridgehead atoms. The van der Waals surface area contributed by atoms with Crippen molar-refractivity contribution in [2.24, 2.45) is 22.7 Å². The average molecular weight is 279 g/mol. The molecule has 1 saturated heterocycles. The summed E-state index contributed by atoms with van der Waals surface area (Å²) in [5.41, 5.74) is 0.537. The highest BCUT2D eigenvalue weighted by molar-refractivity contribution is 5.76. The number of fused-ring (bicyclic) bond motifs is 1. The second kappa shape index (κ2) is 4.72. The van der Waals surface area contributed by atoms with Crippen molar-refractivity contribution in [3.8, 4) is 0 Å². The molecular weight excluding hydrogens is 250 g/mol. The first-order valence-electron chi connectivity index (χ1n) is 8.36. The van der Waals surface area contributed by atoms with E-state index in [0.29, 0.717) is 29.9 Å². The third kappa shape index (κ3) is 1.78. The zero-order chi connectivity index (χ0) is 14.5. The van der Waals surface area contributed by atoms with Crippen LogP contribution >= 0.6 is 0 Å². The minimum absolute atomic E-state index is 0.211. The molecule has 1 heterocycles. The molecule has 0 aromatic rings. The van der Waals surface area contributed by atoms with Crippen molar-refractivity contribution in [3.05, 3.63) is 0 Å². The molecule has 2 aliphatic carbocycles. The van der Waals surface area contributed by atoms with Crippen LogP contribution in [0.2, 0.25) is 0 Å². The molecule has 3 aliphatic rings. The van der Waals surface area contributed by atoms with E-state index < -0.39 is 0 Å². The van der Waals surface area contributed by atoms with Crippen LogP contribution in [0.4, 0.5) is 0 Å². The van der Waals surface area contributed by atoms with Crippen LogP contribution in [0.3, 0.4) is 0 Å². The molecule has 3 nitrogen and oxygen atoms in total. The van der Waals surface area contributed by atoms with Crippen LogP contribution in [0.5, 0.6) is 0 Å². The van der Waals surface area contributed by atoms with Crippen molar-refractivity contribution >= 4 is 5.91 Å². The summed E-state index contributed by atoms with van der Waals surface area (Å²) in [6.45, 7) is 9.78. The van der Waals surface area contributed by atoms with E-state index in [0.717, 1.165) is 25.4 Å². The number of carbonyl (C=O) groups excluding carboxylic acids is 1. The van der Waals surface area contributed by atoms with Crippen molar-refractivity contribution < 1.29 is 9.53 Å². The van der Waals surface area contributed by atoms with Crippen molar-refractivity contribution in [1.29, 1.82) is 0 Å². The predicted molar refractivity (Wildman–Crippen MR) is 79.3 cm³/mol. The first kappa shape index (κ1) is 14.4. The predicted octanol–water partition coefficient (Wildman–Crippen LogP) is 3.13. The highest BCUT2D eigenvalue weighted by atomic mass is 16.5. The summed E-state index contributed by atoms with van der Waals surface area (Å²) >= 11 is 0. The van der Waals surface area contributed by atoms with Crippen LogP contribution in [0.25, 0.3) is 0 Å². The topological polar surface area (TPSA) is 38.3 Å². The van der Waals surface area contributed by atoms with Gasteiger partial charge in [-0.1, -0.05) is 27.7 Å². The van der Waals surface area contributed by atoms with Gasteiger partial charge in [0.05, 0.1) is 6.10 Å². The minimum Gasteiger partial charge on any atom is -0.378 e. The van der Waals surface area contributed by atoms with E-state index in [1.807, 2.05) is 6.92 Å². The van der Waals surface area contributed by atoms with Crippen molar-refractivity contribution in [2.75, 3.05) is 6.61 Å². The van der Waals surface area contributed by atoms with E-state index in [1.165, 1.54) is 12.8 Å². The van der Waals surface area contributed by atoms with E-state index in [4.69, 9.17) is 4.74 Å². The molecule has 1 spiro atoms. The Hall–Kier alpha value is -0.570. The molecule has 0 aromatic heterocycles. The lowest BCUT2D eigenvalue weighted by atomic mass is 9.59. The second-order valence-electron chi connectivity index (χ2n) is 7.72. The van der Waals surface area contributed by atoms with Gasteiger partial charge in [-0.15, -0.1) is 0 Å². The van der Waals surface area contributed by atoms with Crippen molar-refractivity contribution in [1.82, 2.24) is 5.32 Å². The molecular formula is C17H29NO2. The van der Waals surface area contributed by atoms with Gasteiger partial charge in [0, 0.05) is 19.1 Å². The molecule has 1 aliphatic heterocycles. The number of carbonyl (C=O) groups is 1. The standard InChI is InChI=1S/C17H29NO2/c1-5-13-12-9-11-10-17(12,7-8-20-13)15(16(11,3)4)18-14(19)6-2/h11-13,15H,5-10H2,1-4H3,(H,18,19)/t11-,12-,13-,15-,17?/m1/s1. The molecule has 3 heteroatoms. The second-order valence-corrected chi connectivity index (χ2v) is 7.72. The number of nitrogens with one attached hydrogen (secondary N) is 1. The molecule has 114 valence electrons. The Kier molecular flexibility index (Phi) is 3.39. The van der Waals surface area contributed by atoms with E-state index in [9.17, 15) is 4.79 Å².